The molecule has 2 aromatic carbocycles. The monoisotopic (exact) mass is 409 g/mol. The number of methoxy groups -OCH3 is 1. The number of esters is 1. The van der Waals surface area contributed by atoms with Crippen LogP contribution in [0.25, 0.3) is 0 Å². The number of sulfone groups is 1. The van der Waals surface area contributed by atoms with Crippen LogP contribution in [0.1, 0.15) is 5.56 Å². The normalized spacial score (nSPS) is 11.9. The summed E-state index contributed by atoms with van der Waals surface area (Å²) in [7, 11) is -2.85. The highest BCUT2D eigenvalue weighted by Gasteiger charge is 2.28. The number of carbonyl (C=O) groups is 1. The molecule has 0 aliphatic heterocycles. The summed E-state index contributed by atoms with van der Waals surface area (Å²) in [5.74, 6) is -0.930. The van der Waals surface area contributed by atoms with E-state index >= 15 is 0 Å². The van der Waals surface area contributed by atoms with Crippen molar-refractivity contribution in [2.24, 2.45) is 0 Å². The Kier molecular flexibility index (Phi) is 5.80. The number of ether oxygens (including phenoxy) is 1. The van der Waals surface area contributed by atoms with Gasteiger partial charge in [-0.3, -0.25) is 0 Å². The van der Waals surface area contributed by atoms with Gasteiger partial charge in [-0.25, -0.2) is 13.2 Å². The molecule has 7 heteroatoms. The molecule has 126 valence electrons. The van der Waals surface area contributed by atoms with Crippen LogP contribution < -0.4 is 5.32 Å². The fraction of sp³-hybridized carbons (Fsp3) is 0.118. The Morgan fingerprint density at radius 2 is 1.67 bits per heavy atom. The molecule has 0 aliphatic rings. The molecule has 0 spiro atoms. The van der Waals surface area contributed by atoms with Crippen LogP contribution in [-0.4, -0.2) is 21.5 Å². The molecule has 5 nitrogen and oxygen atoms in total. The highest BCUT2D eigenvalue weighted by atomic mass is 79.9. The van der Waals surface area contributed by atoms with E-state index in [0.29, 0.717) is 5.69 Å². The van der Waals surface area contributed by atoms with E-state index in [1.54, 1.807) is 36.4 Å². The predicted molar refractivity (Wildman–Crippen MR) is 96.2 cm³/mol. The first-order valence-electron chi connectivity index (χ1n) is 6.97. The second kappa shape index (κ2) is 7.63. The summed E-state index contributed by atoms with van der Waals surface area (Å²) in [4.78, 5) is 11.5. The van der Waals surface area contributed by atoms with E-state index < -0.39 is 20.7 Å². The van der Waals surface area contributed by atoms with Gasteiger partial charge in [0, 0.05) is 16.4 Å². The lowest BCUT2D eigenvalue weighted by Crippen LogP contribution is -2.17. The number of hydrogen-bond acceptors (Lipinski definition) is 5. The van der Waals surface area contributed by atoms with Crippen molar-refractivity contribution >= 4 is 37.4 Å². The second-order valence-corrected chi connectivity index (χ2v) is 7.80. The van der Waals surface area contributed by atoms with Crippen molar-refractivity contribution in [1.82, 2.24) is 0 Å². The molecule has 1 N–H and O–H groups in total. The van der Waals surface area contributed by atoms with Crippen LogP contribution in [0.15, 0.2) is 69.0 Å². The van der Waals surface area contributed by atoms with Gasteiger partial charge in [-0.05, 0) is 43.3 Å². The third-order valence-corrected chi connectivity index (χ3v) is 5.51. The van der Waals surface area contributed by atoms with Crippen LogP contribution in [0.2, 0.25) is 0 Å². The second-order valence-electron chi connectivity index (χ2n) is 4.97. The van der Waals surface area contributed by atoms with Crippen molar-refractivity contribution in [2.75, 3.05) is 12.4 Å². The Balaban J connectivity index is 2.40. The number of rotatable bonds is 5. The zero-order chi connectivity index (χ0) is 17.7. The summed E-state index contributed by atoms with van der Waals surface area (Å²) in [6, 6.07) is 13.3. The molecule has 2 rings (SSSR count). The first-order chi connectivity index (χ1) is 11.3. The van der Waals surface area contributed by atoms with Crippen molar-refractivity contribution in [3.8, 4) is 0 Å². The maximum atomic E-state index is 12.7. The molecule has 2 aromatic rings. The van der Waals surface area contributed by atoms with Crippen LogP contribution in [0.3, 0.4) is 0 Å². The highest BCUT2D eigenvalue weighted by molar-refractivity contribution is 9.10. The molecule has 0 saturated heterocycles. The summed E-state index contributed by atoms with van der Waals surface area (Å²) in [6.45, 7) is 1.85. The quantitative estimate of drug-likeness (QED) is 0.602. The van der Waals surface area contributed by atoms with Crippen molar-refractivity contribution < 1.29 is 17.9 Å². The first kappa shape index (κ1) is 18.2. The van der Waals surface area contributed by atoms with Crippen LogP contribution in [0.5, 0.6) is 0 Å². The smallest absolute Gasteiger partial charge is 0.351 e. The molecular weight excluding hydrogens is 394 g/mol. The summed E-state index contributed by atoms with van der Waals surface area (Å²) < 4.78 is 30.9. The van der Waals surface area contributed by atoms with Gasteiger partial charge < -0.3 is 10.1 Å². The van der Waals surface area contributed by atoms with Crippen LogP contribution in [-0.2, 0) is 19.4 Å². The third kappa shape index (κ3) is 4.24. The van der Waals surface area contributed by atoms with E-state index in [9.17, 15) is 13.2 Å². The van der Waals surface area contributed by atoms with Gasteiger partial charge in [0.05, 0.1) is 12.0 Å². The predicted octanol–water partition coefficient (Wildman–Crippen LogP) is 3.66. The maximum absolute atomic E-state index is 12.7. The molecule has 0 saturated carbocycles. The zero-order valence-corrected chi connectivity index (χ0v) is 15.5. The lowest BCUT2D eigenvalue weighted by atomic mass is 10.2. The van der Waals surface area contributed by atoms with Gasteiger partial charge in [0.15, 0.2) is 4.91 Å². The highest BCUT2D eigenvalue weighted by Crippen LogP contribution is 2.22. The number of nitrogens with one attached hydrogen (secondary N) is 1. The minimum Gasteiger partial charge on any atom is -0.465 e. The molecule has 0 aromatic heterocycles. The lowest BCUT2D eigenvalue weighted by Gasteiger charge is -2.09. The summed E-state index contributed by atoms with van der Waals surface area (Å²) in [6.07, 6.45) is 1.14. The van der Waals surface area contributed by atoms with Crippen molar-refractivity contribution in [1.29, 1.82) is 0 Å². The Hall–Kier alpha value is -2.12. The Morgan fingerprint density at radius 1 is 1.08 bits per heavy atom. The summed E-state index contributed by atoms with van der Waals surface area (Å²) in [5.41, 5.74) is 1.56. The standard InChI is InChI=1S/C17H16BrNO4S/c1-12-3-9-15(10-4-12)24(21,22)16(17(20)23-2)11-19-14-7-5-13(18)6-8-14/h3-11,19H,1-2H3/b16-11+. The van der Waals surface area contributed by atoms with Gasteiger partial charge in [0.2, 0.25) is 9.84 Å². The van der Waals surface area contributed by atoms with Crippen molar-refractivity contribution in [2.45, 2.75) is 11.8 Å². The molecule has 0 unspecified atom stereocenters. The molecular formula is C17H16BrNO4S. The van der Waals surface area contributed by atoms with Gasteiger partial charge in [0.25, 0.3) is 0 Å². The molecule has 0 fully saturated rings. The third-order valence-electron chi connectivity index (χ3n) is 3.22. The minimum absolute atomic E-state index is 0.0300. The molecule has 0 radical (unpaired) electrons. The van der Waals surface area contributed by atoms with E-state index in [0.717, 1.165) is 23.3 Å². The Morgan fingerprint density at radius 3 is 2.21 bits per heavy atom. The van der Waals surface area contributed by atoms with E-state index in [4.69, 9.17) is 0 Å². The SMILES string of the molecule is COC(=O)/C(=C\Nc1ccc(Br)cc1)S(=O)(=O)c1ccc(C)cc1. The molecule has 0 atom stereocenters. The largest absolute Gasteiger partial charge is 0.465 e. The summed E-state index contributed by atoms with van der Waals surface area (Å²) >= 11 is 3.31. The fourth-order valence-corrected chi connectivity index (χ4v) is 3.42. The van der Waals surface area contributed by atoms with Crippen LogP contribution in [0.4, 0.5) is 5.69 Å². The average Bonchev–Trinajstić information content (AvgIpc) is 2.56. The van der Waals surface area contributed by atoms with Crippen LogP contribution in [0, 0.1) is 6.92 Å². The van der Waals surface area contributed by atoms with Gasteiger partial charge in [-0.15, -0.1) is 0 Å². The van der Waals surface area contributed by atoms with Gasteiger partial charge in [0.1, 0.15) is 0 Å². The number of benzene rings is 2. The number of anilines is 1. The minimum atomic E-state index is -3.99. The van der Waals surface area contributed by atoms with Gasteiger partial charge >= 0.3 is 5.97 Å². The molecule has 0 amide bonds. The first-order valence-corrected chi connectivity index (χ1v) is 9.24. The Labute approximate surface area is 149 Å². The average molecular weight is 410 g/mol. The van der Waals surface area contributed by atoms with E-state index in [1.807, 2.05) is 6.92 Å². The van der Waals surface area contributed by atoms with Crippen molar-refractivity contribution in [3.05, 3.63) is 69.7 Å². The Bertz CT molecular complexity index is 856. The summed E-state index contributed by atoms with van der Waals surface area (Å²) in [5, 5.41) is 2.81. The fourth-order valence-electron chi connectivity index (χ4n) is 1.89. The molecule has 0 heterocycles. The maximum Gasteiger partial charge on any atom is 0.351 e. The van der Waals surface area contributed by atoms with Crippen LogP contribution >= 0.6 is 15.9 Å². The van der Waals surface area contributed by atoms with Gasteiger partial charge in [-0.1, -0.05) is 33.6 Å². The molecule has 0 aliphatic carbocycles. The van der Waals surface area contributed by atoms with Gasteiger partial charge in [-0.2, -0.15) is 0 Å². The number of carbonyl (C=O) groups excluding carboxylic acids is 1. The topological polar surface area (TPSA) is 72.5 Å². The number of aryl methyl sites for hydroxylation is 1. The number of halogens is 1. The number of hydrogen-bond donors (Lipinski definition) is 1. The molecule has 24 heavy (non-hydrogen) atoms. The van der Waals surface area contributed by atoms with E-state index in [2.05, 4.69) is 26.0 Å². The molecule has 0 bridgehead atoms. The van der Waals surface area contributed by atoms with E-state index in [-0.39, 0.29) is 4.90 Å². The lowest BCUT2D eigenvalue weighted by molar-refractivity contribution is -0.135. The zero-order valence-electron chi connectivity index (χ0n) is 13.1. The van der Waals surface area contributed by atoms with E-state index in [1.165, 1.54) is 12.1 Å². The van der Waals surface area contributed by atoms with Crippen molar-refractivity contribution in [3.63, 3.8) is 0 Å².